The fourth-order valence-electron chi connectivity index (χ4n) is 2.23. The maximum absolute atomic E-state index is 3.75. The molecule has 2 heteroatoms. The fourth-order valence-corrected chi connectivity index (χ4v) is 3.40. The maximum atomic E-state index is 3.75. The Kier molecular flexibility index (Phi) is 6.74. The largest absolute Gasteiger partial charge is 0.314 e. The molecule has 1 rings (SSSR count). The van der Waals surface area contributed by atoms with E-state index in [1.807, 2.05) is 0 Å². The van der Waals surface area contributed by atoms with Gasteiger partial charge < -0.3 is 5.32 Å². The number of rotatable bonds is 6. The van der Waals surface area contributed by atoms with E-state index in [0.29, 0.717) is 0 Å². The van der Waals surface area contributed by atoms with Crippen LogP contribution in [0, 0.1) is 5.92 Å². The van der Waals surface area contributed by atoms with Crippen LogP contribution in [0.1, 0.15) is 52.9 Å². The van der Waals surface area contributed by atoms with Crippen LogP contribution in [0.25, 0.3) is 0 Å². The number of nitrogens with one attached hydrogen (secondary N) is 1. The van der Waals surface area contributed by atoms with Crippen LogP contribution in [0.3, 0.4) is 0 Å². The molecule has 0 spiro atoms. The van der Waals surface area contributed by atoms with Gasteiger partial charge in [-0.25, -0.2) is 0 Å². The molecule has 1 N–H and O–H groups in total. The van der Waals surface area contributed by atoms with Crippen LogP contribution >= 0.6 is 11.8 Å². The molecule has 1 fully saturated rings. The van der Waals surface area contributed by atoms with Crippen LogP contribution < -0.4 is 5.32 Å². The molecular formula is C13H27NS. The van der Waals surface area contributed by atoms with Gasteiger partial charge in [-0.05, 0) is 37.5 Å². The lowest BCUT2D eigenvalue weighted by Gasteiger charge is -2.30. The first kappa shape index (κ1) is 13.4. The lowest BCUT2D eigenvalue weighted by Crippen LogP contribution is -2.37. The molecule has 0 aromatic heterocycles. The summed E-state index contributed by atoms with van der Waals surface area (Å²) in [5, 5.41) is 4.68. The Bertz CT molecular complexity index is 159. The van der Waals surface area contributed by atoms with Crippen molar-refractivity contribution in [1.82, 2.24) is 5.32 Å². The number of hydrogen-bond acceptors (Lipinski definition) is 2. The van der Waals surface area contributed by atoms with Gasteiger partial charge in [-0.1, -0.05) is 33.6 Å². The van der Waals surface area contributed by atoms with Crippen LogP contribution in [0.5, 0.6) is 0 Å². The van der Waals surface area contributed by atoms with Gasteiger partial charge in [0.05, 0.1) is 0 Å². The zero-order valence-electron chi connectivity index (χ0n) is 10.6. The van der Waals surface area contributed by atoms with Crippen molar-refractivity contribution in [2.45, 2.75) is 64.2 Å². The average molecular weight is 229 g/mol. The summed E-state index contributed by atoms with van der Waals surface area (Å²) in [6.45, 7) is 8.11. The Balaban J connectivity index is 2.18. The molecule has 0 aromatic carbocycles. The first-order valence-electron chi connectivity index (χ1n) is 6.61. The van der Waals surface area contributed by atoms with Gasteiger partial charge in [0.2, 0.25) is 0 Å². The summed E-state index contributed by atoms with van der Waals surface area (Å²) in [4.78, 5) is 0. The minimum Gasteiger partial charge on any atom is -0.314 e. The van der Waals surface area contributed by atoms with Crippen molar-refractivity contribution in [1.29, 1.82) is 0 Å². The van der Waals surface area contributed by atoms with Gasteiger partial charge in [0.1, 0.15) is 0 Å². The van der Waals surface area contributed by atoms with Gasteiger partial charge in [-0.3, -0.25) is 0 Å². The Morgan fingerprint density at radius 1 is 1.33 bits per heavy atom. The molecule has 0 bridgehead atoms. The molecule has 3 unspecified atom stereocenters. The predicted molar refractivity (Wildman–Crippen MR) is 71.6 cm³/mol. The SMILES string of the molecule is CCSC1CCCC(NCC(C)CC)C1. The summed E-state index contributed by atoms with van der Waals surface area (Å²) < 4.78 is 0. The van der Waals surface area contributed by atoms with Crippen LogP contribution in [-0.4, -0.2) is 23.6 Å². The first-order chi connectivity index (χ1) is 7.26. The molecule has 0 amide bonds. The van der Waals surface area contributed by atoms with Crippen LogP contribution in [0.4, 0.5) is 0 Å². The fraction of sp³-hybridized carbons (Fsp3) is 1.00. The summed E-state index contributed by atoms with van der Waals surface area (Å²) in [6.07, 6.45) is 6.97. The van der Waals surface area contributed by atoms with E-state index in [4.69, 9.17) is 0 Å². The predicted octanol–water partition coefficient (Wildman–Crippen LogP) is 3.69. The summed E-state index contributed by atoms with van der Waals surface area (Å²) in [5.41, 5.74) is 0. The second kappa shape index (κ2) is 7.56. The third-order valence-corrected chi connectivity index (χ3v) is 4.71. The highest BCUT2D eigenvalue weighted by molar-refractivity contribution is 7.99. The van der Waals surface area contributed by atoms with E-state index in [1.165, 1.54) is 44.4 Å². The zero-order chi connectivity index (χ0) is 11.1. The van der Waals surface area contributed by atoms with E-state index in [1.54, 1.807) is 0 Å². The summed E-state index contributed by atoms with van der Waals surface area (Å²) in [6, 6.07) is 0.803. The minimum absolute atomic E-state index is 0.803. The minimum atomic E-state index is 0.803. The summed E-state index contributed by atoms with van der Waals surface area (Å²) >= 11 is 2.16. The van der Waals surface area contributed by atoms with E-state index >= 15 is 0 Å². The molecule has 0 radical (unpaired) electrons. The van der Waals surface area contributed by atoms with Crippen molar-refractivity contribution in [3.63, 3.8) is 0 Å². The Hall–Kier alpha value is 0.310. The molecule has 0 saturated heterocycles. The standard InChI is InChI=1S/C13H27NS/c1-4-11(3)10-14-12-7-6-8-13(9-12)15-5-2/h11-14H,4-10H2,1-3H3. The second-order valence-corrected chi connectivity index (χ2v) is 6.44. The van der Waals surface area contributed by atoms with Crippen LogP contribution in [0.15, 0.2) is 0 Å². The van der Waals surface area contributed by atoms with Gasteiger partial charge in [0.25, 0.3) is 0 Å². The van der Waals surface area contributed by atoms with Gasteiger partial charge in [0.15, 0.2) is 0 Å². The van der Waals surface area contributed by atoms with E-state index in [9.17, 15) is 0 Å². The average Bonchev–Trinajstić information content (AvgIpc) is 2.27. The smallest absolute Gasteiger partial charge is 0.00777 e. The monoisotopic (exact) mass is 229 g/mol. The maximum Gasteiger partial charge on any atom is 0.00777 e. The topological polar surface area (TPSA) is 12.0 Å². The normalized spacial score (nSPS) is 29.0. The van der Waals surface area contributed by atoms with Gasteiger partial charge in [-0.15, -0.1) is 0 Å². The number of hydrogen-bond donors (Lipinski definition) is 1. The van der Waals surface area contributed by atoms with Gasteiger partial charge >= 0.3 is 0 Å². The highest BCUT2D eigenvalue weighted by atomic mass is 32.2. The summed E-state index contributed by atoms with van der Waals surface area (Å²) in [7, 11) is 0. The Morgan fingerprint density at radius 3 is 2.80 bits per heavy atom. The quantitative estimate of drug-likeness (QED) is 0.745. The molecule has 1 nitrogen and oxygen atoms in total. The molecule has 0 aliphatic heterocycles. The molecule has 1 saturated carbocycles. The molecule has 1 aliphatic rings. The Labute approximate surface area is 99.8 Å². The summed E-state index contributed by atoms with van der Waals surface area (Å²) in [5.74, 6) is 2.12. The van der Waals surface area contributed by atoms with E-state index in [-0.39, 0.29) is 0 Å². The van der Waals surface area contributed by atoms with Crippen LogP contribution in [-0.2, 0) is 0 Å². The van der Waals surface area contributed by atoms with Crippen molar-refractivity contribution >= 4 is 11.8 Å². The van der Waals surface area contributed by atoms with Crippen molar-refractivity contribution in [3.05, 3.63) is 0 Å². The van der Waals surface area contributed by atoms with E-state index in [2.05, 4.69) is 37.8 Å². The lowest BCUT2D eigenvalue weighted by atomic mass is 9.94. The molecule has 3 atom stereocenters. The highest BCUT2D eigenvalue weighted by Crippen LogP contribution is 2.28. The highest BCUT2D eigenvalue weighted by Gasteiger charge is 2.21. The molecule has 15 heavy (non-hydrogen) atoms. The van der Waals surface area contributed by atoms with Crippen molar-refractivity contribution in [2.24, 2.45) is 5.92 Å². The van der Waals surface area contributed by atoms with Crippen LogP contribution in [0.2, 0.25) is 0 Å². The van der Waals surface area contributed by atoms with E-state index < -0.39 is 0 Å². The third kappa shape index (κ3) is 5.26. The zero-order valence-corrected chi connectivity index (χ0v) is 11.4. The molecular weight excluding hydrogens is 202 g/mol. The Morgan fingerprint density at radius 2 is 2.13 bits per heavy atom. The first-order valence-corrected chi connectivity index (χ1v) is 7.66. The second-order valence-electron chi connectivity index (χ2n) is 4.86. The van der Waals surface area contributed by atoms with E-state index in [0.717, 1.165) is 17.2 Å². The van der Waals surface area contributed by atoms with Crippen molar-refractivity contribution < 1.29 is 0 Å². The number of thioether (sulfide) groups is 1. The molecule has 90 valence electrons. The third-order valence-electron chi connectivity index (χ3n) is 3.48. The lowest BCUT2D eigenvalue weighted by molar-refractivity contribution is 0.356. The molecule has 1 aliphatic carbocycles. The van der Waals surface area contributed by atoms with Gasteiger partial charge in [-0.2, -0.15) is 11.8 Å². The van der Waals surface area contributed by atoms with Crippen molar-refractivity contribution in [3.8, 4) is 0 Å². The van der Waals surface area contributed by atoms with Gasteiger partial charge in [0, 0.05) is 11.3 Å². The molecule has 0 aromatic rings. The van der Waals surface area contributed by atoms with Crippen molar-refractivity contribution in [2.75, 3.05) is 12.3 Å². The molecule has 0 heterocycles.